The molecule has 0 radical (unpaired) electrons. The molecule has 1 aromatic rings. The molecule has 2 N–H and O–H groups in total. The molecular formula is C10H14N2O3. The first kappa shape index (κ1) is 10.2. The second-order valence-electron chi connectivity index (χ2n) is 4.40. The second kappa shape index (κ2) is 3.66. The molecule has 1 fully saturated rings. The molecule has 1 aromatic heterocycles. The fraction of sp³-hybridized carbons (Fsp3) is 0.600. The highest BCUT2D eigenvalue weighted by Crippen LogP contribution is 2.44. The zero-order valence-electron chi connectivity index (χ0n) is 8.62. The number of carboxylic acids is 1. The maximum atomic E-state index is 10.5. The first-order valence-electron chi connectivity index (χ1n) is 4.99. The summed E-state index contributed by atoms with van der Waals surface area (Å²) in [6.45, 7) is 3.70. The smallest absolute Gasteiger partial charge is 0.358 e. The number of aromatic carboxylic acids is 1. The molecule has 0 saturated heterocycles. The van der Waals surface area contributed by atoms with Crippen LogP contribution in [0.15, 0.2) is 10.6 Å². The number of hydrogen-bond acceptors (Lipinski definition) is 4. The summed E-state index contributed by atoms with van der Waals surface area (Å²) >= 11 is 0. The van der Waals surface area contributed by atoms with E-state index in [1.165, 1.54) is 18.9 Å². The summed E-state index contributed by atoms with van der Waals surface area (Å²) in [7, 11) is 0. The Balaban J connectivity index is 1.80. The van der Waals surface area contributed by atoms with Gasteiger partial charge in [0.2, 0.25) is 0 Å². The Morgan fingerprint density at radius 2 is 2.47 bits per heavy atom. The van der Waals surface area contributed by atoms with Gasteiger partial charge in [-0.05, 0) is 18.3 Å². The topological polar surface area (TPSA) is 75.4 Å². The molecular weight excluding hydrogens is 196 g/mol. The fourth-order valence-corrected chi connectivity index (χ4v) is 1.37. The Morgan fingerprint density at radius 1 is 1.73 bits per heavy atom. The van der Waals surface area contributed by atoms with E-state index in [2.05, 4.69) is 17.4 Å². The van der Waals surface area contributed by atoms with Crippen molar-refractivity contribution in [3.63, 3.8) is 0 Å². The first-order valence-corrected chi connectivity index (χ1v) is 4.99. The van der Waals surface area contributed by atoms with Crippen molar-refractivity contribution in [2.24, 2.45) is 5.41 Å². The third-order valence-electron chi connectivity index (χ3n) is 2.73. The summed E-state index contributed by atoms with van der Waals surface area (Å²) in [6.07, 6.45) is 2.52. The number of carboxylic acid groups (broad SMARTS) is 1. The molecule has 0 bridgehead atoms. The summed E-state index contributed by atoms with van der Waals surface area (Å²) in [6, 6.07) is 1.45. The van der Waals surface area contributed by atoms with Gasteiger partial charge in [0.05, 0.1) is 6.54 Å². The third kappa shape index (κ3) is 2.56. The Hall–Kier alpha value is -1.36. The van der Waals surface area contributed by atoms with Gasteiger partial charge in [-0.25, -0.2) is 4.79 Å². The minimum Gasteiger partial charge on any atom is -0.476 e. The minimum absolute atomic E-state index is 0.0376. The molecule has 0 spiro atoms. The third-order valence-corrected chi connectivity index (χ3v) is 2.73. The van der Waals surface area contributed by atoms with E-state index in [0.717, 1.165) is 6.54 Å². The van der Waals surface area contributed by atoms with Crippen molar-refractivity contribution in [3.8, 4) is 0 Å². The Labute approximate surface area is 87.5 Å². The zero-order valence-corrected chi connectivity index (χ0v) is 8.62. The van der Waals surface area contributed by atoms with Crippen LogP contribution in [0.4, 0.5) is 0 Å². The molecule has 5 nitrogen and oxygen atoms in total. The van der Waals surface area contributed by atoms with Crippen LogP contribution in [0.1, 0.15) is 36.0 Å². The quantitative estimate of drug-likeness (QED) is 0.765. The molecule has 0 amide bonds. The highest BCUT2D eigenvalue weighted by molar-refractivity contribution is 5.85. The lowest BCUT2D eigenvalue weighted by Crippen LogP contribution is -2.21. The summed E-state index contributed by atoms with van der Waals surface area (Å²) in [5, 5.41) is 15.3. The van der Waals surface area contributed by atoms with E-state index in [0.29, 0.717) is 17.7 Å². The second-order valence-corrected chi connectivity index (χ2v) is 4.40. The molecule has 1 aliphatic carbocycles. The highest BCUT2D eigenvalue weighted by Gasteiger charge is 2.36. The van der Waals surface area contributed by atoms with E-state index in [-0.39, 0.29) is 5.69 Å². The van der Waals surface area contributed by atoms with Gasteiger partial charge >= 0.3 is 5.97 Å². The molecule has 1 heterocycles. The molecule has 1 saturated carbocycles. The monoisotopic (exact) mass is 210 g/mol. The lowest BCUT2D eigenvalue weighted by molar-refractivity contribution is 0.0685. The molecule has 0 aromatic carbocycles. The van der Waals surface area contributed by atoms with Gasteiger partial charge in [0.25, 0.3) is 0 Å². The van der Waals surface area contributed by atoms with Gasteiger partial charge in [0.1, 0.15) is 0 Å². The lowest BCUT2D eigenvalue weighted by atomic mass is 10.1. The van der Waals surface area contributed by atoms with Crippen LogP contribution in [-0.4, -0.2) is 22.8 Å². The predicted octanol–water partition coefficient (Wildman–Crippen LogP) is 1.26. The Bertz CT molecular complexity index is 368. The van der Waals surface area contributed by atoms with Gasteiger partial charge in [0.15, 0.2) is 11.5 Å². The van der Waals surface area contributed by atoms with Gasteiger partial charge < -0.3 is 14.9 Å². The summed E-state index contributed by atoms with van der Waals surface area (Å²) in [5.41, 5.74) is 0.403. The number of hydrogen-bond donors (Lipinski definition) is 2. The van der Waals surface area contributed by atoms with Crippen molar-refractivity contribution in [3.05, 3.63) is 17.5 Å². The van der Waals surface area contributed by atoms with Gasteiger partial charge in [0, 0.05) is 12.6 Å². The van der Waals surface area contributed by atoms with E-state index in [1.807, 2.05) is 0 Å². The van der Waals surface area contributed by atoms with Gasteiger partial charge in [-0.2, -0.15) is 0 Å². The van der Waals surface area contributed by atoms with Crippen molar-refractivity contribution in [2.75, 3.05) is 6.54 Å². The van der Waals surface area contributed by atoms with Gasteiger partial charge in [-0.1, -0.05) is 12.1 Å². The van der Waals surface area contributed by atoms with Crippen LogP contribution in [-0.2, 0) is 6.54 Å². The summed E-state index contributed by atoms with van der Waals surface area (Å²) < 4.78 is 4.87. The first-order chi connectivity index (χ1) is 7.09. The number of carbonyl (C=O) groups is 1. The largest absolute Gasteiger partial charge is 0.476 e. The minimum atomic E-state index is -1.06. The standard InChI is InChI=1S/C10H14N2O3/c1-10(2-3-10)6-11-5-7-4-8(9(13)14)12-15-7/h4,11H,2-3,5-6H2,1H3,(H,13,14). The van der Waals surface area contributed by atoms with Crippen molar-refractivity contribution in [1.82, 2.24) is 10.5 Å². The molecule has 0 unspecified atom stereocenters. The summed E-state index contributed by atoms with van der Waals surface area (Å²) in [4.78, 5) is 10.5. The molecule has 2 rings (SSSR count). The van der Waals surface area contributed by atoms with Gasteiger partial charge in [-0.3, -0.25) is 0 Å². The fourth-order valence-electron chi connectivity index (χ4n) is 1.37. The number of nitrogens with one attached hydrogen (secondary N) is 1. The number of rotatable bonds is 5. The van der Waals surface area contributed by atoms with Crippen molar-refractivity contribution < 1.29 is 14.4 Å². The molecule has 5 heteroatoms. The molecule has 0 atom stereocenters. The van der Waals surface area contributed by atoms with Crippen LogP contribution in [0.25, 0.3) is 0 Å². The zero-order chi connectivity index (χ0) is 10.9. The molecule has 15 heavy (non-hydrogen) atoms. The van der Waals surface area contributed by atoms with Crippen LogP contribution >= 0.6 is 0 Å². The van der Waals surface area contributed by atoms with Crippen LogP contribution in [0, 0.1) is 5.41 Å². The van der Waals surface area contributed by atoms with Crippen LogP contribution in [0.2, 0.25) is 0 Å². The van der Waals surface area contributed by atoms with Crippen molar-refractivity contribution in [1.29, 1.82) is 0 Å². The lowest BCUT2D eigenvalue weighted by Gasteiger charge is -2.07. The Morgan fingerprint density at radius 3 is 3.00 bits per heavy atom. The van der Waals surface area contributed by atoms with E-state index in [1.54, 1.807) is 0 Å². The average molecular weight is 210 g/mol. The van der Waals surface area contributed by atoms with Crippen molar-refractivity contribution in [2.45, 2.75) is 26.3 Å². The van der Waals surface area contributed by atoms with Crippen LogP contribution < -0.4 is 5.32 Å². The van der Waals surface area contributed by atoms with Crippen LogP contribution in [0.3, 0.4) is 0 Å². The summed E-state index contributed by atoms with van der Waals surface area (Å²) in [5.74, 6) is -0.490. The van der Waals surface area contributed by atoms with E-state index < -0.39 is 5.97 Å². The molecule has 1 aliphatic rings. The SMILES string of the molecule is CC1(CNCc2cc(C(=O)O)no2)CC1. The van der Waals surface area contributed by atoms with Gasteiger partial charge in [-0.15, -0.1) is 0 Å². The molecule has 0 aliphatic heterocycles. The van der Waals surface area contributed by atoms with Crippen molar-refractivity contribution >= 4 is 5.97 Å². The maximum Gasteiger partial charge on any atom is 0.358 e. The predicted molar refractivity (Wildman–Crippen MR) is 52.5 cm³/mol. The van der Waals surface area contributed by atoms with E-state index in [9.17, 15) is 4.79 Å². The van der Waals surface area contributed by atoms with E-state index >= 15 is 0 Å². The van der Waals surface area contributed by atoms with Crippen LogP contribution in [0.5, 0.6) is 0 Å². The number of aromatic nitrogens is 1. The van der Waals surface area contributed by atoms with E-state index in [4.69, 9.17) is 9.63 Å². The molecule has 82 valence electrons. The number of nitrogens with zero attached hydrogens (tertiary/aromatic N) is 1. The normalized spacial score (nSPS) is 17.7. The average Bonchev–Trinajstić information content (AvgIpc) is 2.74. The maximum absolute atomic E-state index is 10.5. The Kier molecular flexibility index (Phi) is 2.48. The highest BCUT2D eigenvalue weighted by atomic mass is 16.5.